The zero-order valence-electron chi connectivity index (χ0n) is 11.5. The maximum Gasteiger partial charge on any atom is 0.230 e. The number of thioether (sulfide) groups is 1. The molecule has 2 aromatic rings. The van der Waals surface area contributed by atoms with Crippen LogP contribution in [0.25, 0.3) is 0 Å². The second kappa shape index (κ2) is 7.74. The van der Waals surface area contributed by atoms with Crippen molar-refractivity contribution >= 4 is 40.9 Å². The van der Waals surface area contributed by atoms with Crippen molar-refractivity contribution in [3.05, 3.63) is 64.1 Å². The van der Waals surface area contributed by atoms with Gasteiger partial charge in [0.25, 0.3) is 0 Å². The Bertz CT molecular complexity index is 619. The molecule has 2 rings (SSSR count). The molecule has 2 aromatic carbocycles. The number of halogens is 2. The molecule has 0 radical (unpaired) electrons. The second-order valence-corrected chi connectivity index (χ2v) is 6.45. The highest BCUT2D eigenvalue weighted by Crippen LogP contribution is 2.26. The maximum atomic E-state index is 12.0. The van der Waals surface area contributed by atoms with Crippen LogP contribution in [0.15, 0.2) is 53.4 Å². The Balaban J connectivity index is 1.90. The van der Waals surface area contributed by atoms with Gasteiger partial charge in [-0.25, -0.2) is 0 Å². The number of hydrogen-bond acceptors (Lipinski definition) is 2. The van der Waals surface area contributed by atoms with E-state index in [1.165, 1.54) is 11.8 Å². The van der Waals surface area contributed by atoms with Crippen LogP contribution in [-0.2, 0) is 4.79 Å². The van der Waals surface area contributed by atoms with Crippen molar-refractivity contribution in [2.45, 2.75) is 17.9 Å². The van der Waals surface area contributed by atoms with Crippen LogP contribution in [0, 0.1) is 0 Å². The van der Waals surface area contributed by atoms with Gasteiger partial charge in [0.05, 0.1) is 11.8 Å². The van der Waals surface area contributed by atoms with Gasteiger partial charge in [0.2, 0.25) is 5.91 Å². The smallest absolute Gasteiger partial charge is 0.230 e. The predicted octanol–water partition coefficient (Wildman–Crippen LogP) is 4.96. The van der Waals surface area contributed by atoms with E-state index in [0.717, 1.165) is 10.5 Å². The molecule has 1 amide bonds. The first-order chi connectivity index (χ1) is 10.1. The van der Waals surface area contributed by atoms with Gasteiger partial charge in [-0.1, -0.05) is 47.5 Å². The van der Waals surface area contributed by atoms with Gasteiger partial charge >= 0.3 is 0 Å². The molecule has 0 bridgehead atoms. The summed E-state index contributed by atoms with van der Waals surface area (Å²) in [6.07, 6.45) is 0. The molecule has 0 unspecified atom stereocenters. The standard InChI is InChI=1S/C16H15Cl2NOS/c1-11(14-8-7-12(17)9-15(14)18)19-16(20)10-21-13-5-3-2-4-6-13/h2-9,11H,10H2,1H3,(H,19,20)/t11-/m1/s1. The molecule has 0 saturated carbocycles. The predicted molar refractivity (Wildman–Crippen MR) is 90.2 cm³/mol. The van der Waals surface area contributed by atoms with Crippen LogP contribution in [0.5, 0.6) is 0 Å². The first-order valence-electron chi connectivity index (χ1n) is 6.48. The average molecular weight is 340 g/mol. The van der Waals surface area contributed by atoms with E-state index >= 15 is 0 Å². The van der Waals surface area contributed by atoms with E-state index in [4.69, 9.17) is 23.2 Å². The number of carbonyl (C=O) groups is 1. The zero-order chi connectivity index (χ0) is 15.2. The van der Waals surface area contributed by atoms with Gasteiger partial charge in [-0.15, -0.1) is 11.8 Å². The summed E-state index contributed by atoms with van der Waals surface area (Å²) in [6.45, 7) is 1.90. The lowest BCUT2D eigenvalue weighted by Crippen LogP contribution is -2.28. The normalized spacial score (nSPS) is 12.0. The van der Waals surface area contributed by atoms with Gasteiger partial charge in [0.1, 0.15) is 0 Å². The lowest BCUT2D eigenvalue weighted by molar-refractivity contribution is -0.119. The third kappa shape index (κ3) is 4.95. The Hall–Kier alpha value is -1.16. The topological polar surface area (TPSA) is 29.1 Å². The summed E-state index contributed by atoms with van der Waals surface area (Å²) in [7, 11) is 0. The van der Waals surface area contributed by atoms with Crippen molar-refractivity contribution in [1.82, 2.24) is 5.32 Å². The molecule has 2 nitrogen and oxygen atoms in total. The van der Waals surface area contributed by atoms with Crippen LogP contribution in [0.1, 0.15) is 18.5 Å². The summed E-state index contributed by atoms with van der Waals surface area (Å²) in [4.78, 5) is 13.1. The molecule has 0 spiro atoms. The highest BCUT2D eigenvalue weighted by molar-refractivity contribution is 8.00. The lowest BCUT2D eigenvalue weighted by atomic mass is 10.1. The van der Waals surface area contributed by atoms with Crippen molar-refractivity contribution in [2.24, 2.45) is 0 Å². The minimum Gasteiger partial charge on any atom is -0.349 e. The van der Waals surface area contributed by atoms with Crippen LogP contribution < -0.4 is 5.32 Å². The van der Waals surface area contributed by atoms with E-state index < -0.39 is 0 Å². The van der Waals surface area contributed by atoms with Gasteiger partial charge in [-0.05, 0) is 36.8 Å². The Labute approximate surface area is 138 Å². The monoisotopic (exact) mass is 339 g/mol. The van der Waals surface area contributed by atoms with E-state index in [1.54, 1.807) is 12.1 Å². The second-order valence-electron chi connectivity index (χ2n) is 4.56. The molecule has 110 valence electrons. The van der Waals surface area contributed by atoms with Gasteiger partial charge in [-0.2, -0.15) is 0 Å². The van der Waals surface area contributed by atoms with E-state index in [1.807, 2.05) is 43.3 Å². The summed E-state index contributed by atoms with van der Waals surface area (Å²) in [6, 6.07) is 15.0. The third-order valence-corrected chi connectivity index (χ3v) is 4.49. The van der Waals surface area contributed by atoms with Crippen LogP contribution in [0.4, 0.5) is 0 Å². The van der Waals surface area contributed by atoms with E-state index in [2.05, 4.69) is 5.32 Å². The summed E-state index contributed by atoms with van der Waals surface area (Å²) in [5.74, 6) is 0.349. The fourth-order valence-electron chi connectivity index (χ4n) is 1.88. The number of benzene rings is 2. The third-order valence-electron chi connectivity index (χ3n) is 2.92. The van der Waals surface area contributed by atoms with Gasteiger partial charge in [0.15, 0.2) is 0 Å². The Morgan fingerprint density at radius 2 is 1.90 bits per heavy atom. The van der Waals surface area contributed by atoms with Crippen LogP contribution >= 0.6 is 35.0 Å². The quantitative estimate of drug-likeness (QED) is 0.779. The average Bonchev–Trinajstić information content (AvgIpc) is 2.46. The van der Waals surface area contributed by atoms with E-state index in [9.17, 15) is 4.79 Å². The molecule has 0 saturated heterocycles. The molecular formula is C16H15Cl2NOS. The number of nitrogens with one attached hydrogen (secondary N) is 1. The highest BCUT2D eigenvalue weighted by atomic mass is 35.5. The molecule has 0 aliphatic carbocycles. The van der Waals surface area contributed by atoms with E-state index in [0.29, 0.717) is 15.8 Å². The maximum absolute atomic E-state index is 12.0. The molecule has 5 heteroatoms. The molecule has 0 fully saturated rings. The lowest BCUT2D eigenvalue weighted by Gasteiger charge is -2.16. The number of amides is 1. The molecule has 1 N–H and O–H groups in total. The van der Waals surface area contributed by atoms with Gasteiger partial charge in [0, 0.05) is 14.9 Å². The van der Waals surface area contributed by atoms with Crippen LogP contribution in [0.3, 0.4) is 0 Å². The minimum atomic E-state index is -0.154. The highest BCUT2D eigenvalue weighted by Gasteiger charge is 2.13. The minimum absolute atomic E-state index is 0.0256. The molecule has 0 aliphatic heterocycles. The first-order valence-corrected chi connectivity index (χ1v) is 8.22. The largest absolute Gasteiger partial charge is 0.349 e. The fraction of sp³-hybridized carbons (Fsp3) is 0.188. The zero-order valence-corrected chi connectivity index (χ0v) is 13.8. The SMILES string of the molecule is C[C@@H](NC(=O)CSc1ccccc1)c1ccc(Cl)cc1Cl. The van der Waals surface area contributed by atoms with Crippen LogP contribution in [-0.4, -0.2) is 11.7 Å². The molecule has 0 aliphatic rings. The van der Waals surface area contributed by atoms with Crippen molar-refractivity contribution in [2.75, 3.05) is 5.75 Å². The van der Waals surface area contributed by atoms with Crippen molar-refractivity contribution < 1.29 is 4.79 Å². The Morgan fingerprint density at radius 1 is 1.19 bits per heavy atom. The first kappa shape index (κ1) is 16.2. The molecule has 0 aromatic heterocycles. The van der Waals surface area contributed by atoms with Gasteiger partial charge < -0.3 is 5.32 Å². The van der Waals surface area contributed by atoms with Crippen LogP contribution in [0.2, 0.25) is 10.0 Å². The van der Waals surface area contributed by atoms with Crippen molar-refractivity contribution in [3.63, 3.8) is 0 Å². The number of rotatable bonds is 5. The van der Waals surface area contributed by atoms with E-state index in [-0.39, 0.29) is 11.9 Å². The molecule has 0 heterocycles. The summed E-state index contributed by atoms with van der Waals surface area (Å²) in [5.41, 5.74) is 0.860. The Kier molecular flexibility index (Phi) is 5.97. The van der Waals surface area contributed by atoms with Crippen molar-refractivity contribution in [1.29, 1.82) is 0 Å². The molecule has 1 atom stereocenters. The number of hydrogen-bond donors (Lipinski definition) is 1. The van der Waals surface area contributed by atoms with Gasteiger partial charge in [-0.3, -0.25) is 4.79 Å². The molecule has 21 heavy (non-hydrogen) atoms. The summed E-state index contributed by atoms with van der Waals surface area (Å²) >= 11 is 13.5. The summed E-state index contributed by atoms with van der Waals surface area (Å²) < 4.78 is 0. The molecular weight excluding hydrogens is 325 g/mol. The summed E-state index contributed by atoms with van der Waals surface area (Å²) in [5, 5.41) is 4.09. The fourth-order valence-corrected chi connectivity index (χ4v) is 3.18. The number of carbonyl (C=O) groups excluding carboxylic acids is 1. The Morgan fingerprint density at radius 3 is 2.57 bits per heavy atom. The van der Waals surface area contributed by atoms with Crippen molar-refractivity contribution in [3.8, 4) is 0 Å².